The quantitative estimate of drug-likeness (QED) is 0.887. The van der Waals surface area contributed by atoms with Crippen molar-refractivity contribution in [1.29, 1.82) is 0 Å². The molecule has 1 fully saturated rings. The summed E-state index contributed by atoms with van der Waals surface area (Å²) in [6.45, 7) is 9.97. The van der Waals surface area contributed by atoms with Crippen molar-refractivity contribution in [1.82, 2.24) is 10.3 Å². The molecule has 0 radical (unpaired) electrons. The van der Waals surface area contributed by atoms with Gasteiger partial charge in [-0.2, -0.15) is 0 Å². The summed E-state index contributed by atoms with van der Waals surface area (Å²) < 4.78 is 0. The van der Waals surface area contributed by atoms with Crippen molar-refractivity contribution >= 4 is 11.3 Å². The monoisotopic (exact) mass is 252 g/mol. The molecule has 1 aliphatic carbocycles. The van der Waals surface area contributed by atoms with Crippen molar-refractivity contribution in [2.45, 2.75) is 59.5 Å². The molecule has 17 heavy (non-hydrogen) atoms. The van der Waals surface area contributed by atoms with E-state index in [-0.39, 0.29) is 0 Å². The molecule has 1 aromatic rings. The summed E-state index contributed by atoms with van der Waals surface area (Å²) >= 11 is 1.83. The minimum Gasteiger partial charge on any atom is -0.309 e. The Morgan fingerprint density at radius 1 is 1.18 bits per heavy atom. The molecule has 0 aromatic carbocycles. The van der Waals surface area contributed by atoms with E-state index in [1.165, 1.54) is 34.8 Å². The highest BCUT2D eigenvalue weighted by Crippen LogP contribution is 2.29. The molecule has 2 rings (SSSR count). The van der Waals surface area contributed by atoms with Gasteiger partial charge >= 0.3 is 0 Å². The maximum atomic E-state index is 4.48. The average molecular weight is 252 g/mol. The summed E-state index contributed by atoms with van der Waals surface area (Å²) in [5, 5.41) is 4.91. The number of hydrogen-bond acceptors (Lipinski definition) is 3. The van der Waals surface area contributed by atoms with Crippen molar-refractivity contribution < 1.29 is 0 Å². The molecule has 0 aliphatic heterocycles. The molecule has 1 N–H and O–H groups in total. The second-order valence-electron chi connectivity index (χ2n) is 5.74. The van der Waals surface area contributed by atoms with Gasteiger partial charge in [-0.3, -0.25) is 0 Å². The van der Waals surface area contributed by atoms with Crippen molar-refractivity contribution in [2.24, 2.45) is 11.8 Å². The van der Waals surface area contributed by atoms with E-state index in [9.17, 15) is 0 Å². The number of hydrogen-bond donors (Lipinski definition) is 1. The van der Waals surface area contributed by atoms with Gasteiger partial charge in [0.2, 0.25) is 0 Å². The highest BCUT2D eigenvalue weighted by atomic mass is 32.1. The summed E-state index contributed by atoms with van der Waals surface area (Å²) in [4.78, 5) is 5.89. The molecule has 1 heterocycles. The molecule has 1 aliphatic rings. The lowest BCUT2D eigenvalue weighted by Gasteiger charge is -2.32. The molecular formula is C14H24N2S. The van der Waals surface area contributed by atoms with Crippen molar-refractivity contribution in [3.05, 3.63) is 15.6 Å². The van der Waals surface area contributed by atoms with Crippen LogP contribution in [0.25, 0.3) is 0 Å². The third kappa shape index (κ3) is 3.52. The molecule has 0 amide bonds. The van der Waals surface area contributed by atoms with Crippen LogP contribution in [0.4, 0.5) is 0 Å². The highest BCUT2D eigenvalue weighted by Gasteiger charge is 2.23. The van der Waals surface area contributed by atoms with E-state index in [0.717, 1.165) is 18.4 Å². The molecular weight excluding hydrogens is 228 g/mol. The van der Waals surface area contributed by atoms with Crippen LogP contribution in [0.5, 0.6) is 0 Å². The van der Waals surface area contributed by atoms with E-state index in [2.05, 4.69) is 38.0 Å². The van der Waals surface area contributed by atoms with Gasteiger partial charge in [-0.05, 0) is 44.9 Å². The molecule has 0 bridgehead atoms. The molecule has 0 spiro atoms. The molecule has 2 nitrogen and oxygen atoms in total. The third-order valence-electron chi connectivity index (χ3n) is 3.73. The lowest BCUT2D eigenvalue weighted by atomic mass is 9.80. The Morgan fingerprint density at radius 2 is 1.82 bits per heavy atom. The number of aryl methyl sites for hydroxylation is 2. The third-order valence-corrected chi connectivity index (χ3v) is 4.80. The molecule has 1 saturated carbocycles. The number of nitrogens with zero attached hydrogens (tertiary/aromatic N) is 1. The van der Waals surface area contributed by atoms with Gasteiger partial charge in [0, 0.05) is 17.5 Å². The van der Waals surface area contributed by atoms with Gasteiger partial charge in [0.05, 0.1) is 10.7 Å². The first kappa shape index (κ1) is 13.0. The molecule has 0 saturated heterocycles. The van der Waals surface area contributed by atoms with E-state index < -0.39 is 0 Å². The average Bonchev–Trinajstić information content (AvgIpc) is 2.53. The van der Waals surface area contributed by atoms with E-state index in [4.69, 9.17) is 0 Å². The van der Waals surface area contributed by atoms with Gasteiger partial charge in [-0.25, -0.2) is 4.98 Å². The maximum absolute atomic E-state index is 4.48. The van der Waals surface area contributed by atoms with E-state index >= 15 is 0 Å². The van der Waals surface area contributed by atoms with Crippen LogP contribution in [0.15, 0.2) is 0 Å². The molecule has 1 aromatic heterocycles. The fourth-order valence-corrected chi connectivity index (χ4v) is 3.98. The Bertz CT molecular complexity index is 362. The van der Waals surface area contributed by atoms with Gasteiger partial charge in [-0.15, -0.1) is 11.3 Å². The molecule has 3 heteroatoms. The lowest BCUT2D eigenvalue weighted by Crippen LogP contribution is -2.35. The fourth-order valence-electron chi connectivity index (χ4n) is 3.09. The largest absolute Gasteiger partial charge is 0.309 e. The highest BCUT2D eigenvalue weighted by molar-refractivity contribution is 7.11. The Kier molecular flexibility index (Phi) is 4.21. The first-order valence-corrected chi connectivity index (χ1v) is 7.52. The van der Waals surface area contributed by atoms with Crippen LogP contribution in [0, 0.1) is 25.7 Å². The molecule has 2 unspecified atom stereocenters. The van der Waals surface area contributed by atoms with Crippen molar-refractivity contribution in [2.75, 3.05) is 0 Å². The fraction of sp³-hybridized carbons (Fsp3) is 0.786. The van der Waals surface area contributed by atoms with Crippen LogP contribution >= 0.6 is 11.3 Å². The maximum Gasteiger partial charge on any atom is 0.0900 e. The number of aromatic nitrogens is 1. The van der Waals surface area contributed by atoms with Gasteiger partial charge in [-0.1, -0.05) is 13.8 Å². The summed E-state index contributed by atoms with van der Waals surface area (Å²) in [5.41, 5.74) is 1.21. The summed E-state index contributed by atoms with van der Waals surface area (Å²) in [6.07, 6.45) is 4.07. The van der Waals surface area contributed by atoms with Gasteiger partial charge in [0.15, 0.2) is 0 Å². The van der Waals surface area contributed by atoms with E-state index in [0.29, 0.717) is 6.04 Å². The smallest absolute Gasteiger partial charge is 0.0900 e. The van der Waals surface area contributed by atoms with Crippen LogP contribution < -0.4 is 5.32 Å². The Balaban J connectivity index is 1.87. The topological polar surface area (TPSA) is 24.9 Å². The normalized spacial score (nSPS) is 29.5. The summed E-state index contributed by atoms with van der Waals surface area (Å²) in [5.74, 6) is 1.75. The Morgan fingerprint density at radius 3 is 2.35 bits per heavy atom. The SMILES string of the molecule is Cc1nc(C)c(CNC2CC(C)CC(C)C2)s1. The predicted octanol–water partition coefficient (Wildman–Crippen LogP) is 3.67. The Labute approximate surface area is 109 Å². The summed E-state index contributed by atoms with van der Waals surface area (Å²) in [6, 6.07) is 0.704. The first-order valence-electron chi connectivity index (χ1n) is 6.71. The van der Waals surface area contributed by atoms with Gasteiger partial charge in [0.25, 0.3) is 0 Å². The zero-order chi connectivity index (χ0) is 12.4. The van der Waals surface area contributed by atoms with Gasteiger partial charge < -0.3 is 5.32 Å². The van der Waals surface area contributed by atoms with Crippen LogP contribution in [-0.2, 0) is 6.54 Å². The minimum atomic E-state index is 0.704. The number of thiazole rings is 1. The number of rotatable bonds is 3. The molecule has 2 atom stereocenters. The molecule has 96 valence electrons. The second-order valence-corrected chi connectivity index (χ2v) is 7.02. The summed E-state index contributed by atoms with van der Waals surface area (Å²) in [7, 11) is 0. The van der Waals surface area contributed by atoms with E-state index in [1.54, 1.807) is 0 Å². The first-order chi connectivity index (χ1) is 8.04. The standard InChI is InChI=1S/C14H24N2S/c1-9-5-10(2)7-13(6-9)15-8-14-11(3)16-12(4)17-14/h9-10,13,15H,5-8H2,1-4H3. The number of nitrogens with one attached hydrogen (secondary N) is 1. The minimum absolute atomic E-state index is 0.704. The van der Waals surface area contributed by atoms with Crippen LogP contribution in [0.1, 0.15) is 48.7 Å². The second kappa shape index (κ2) is 5.49. The zero-order valence-corrected chi connectivity index (χ0v) is 12.2. The van der Waals surface area contributed by atoms with Crippen molar-refractivity contribution in [3.63, 3.8) is 0 Å². The lowest BCUT2D eigenvalue weighted by molar-refractivity contribution is 0.238. The predicted molar refractivity (Wildman–Crippen MR) is 74.4 cm³/mol. The van der Waals surface area contributed by atoms with Crippen LogP contribution in [-0.4, -0.2) is 11.0 Å². The Hall–Kier alpha value is -0.410. The van der Waals surface area contributed by atoms with Gasteiger partial charge in [0.1, 0.15) is 0 Å². The van der Waals surface area contributed by atoms with Crippen molar-refractivity contribution in [3.8, 4) is 0 Å². The zero-order valence-electron chi connectivity index (χ0n) is 11.4. The van der Waals surface area contributed by atoms with E-state index in [1.807, 2.05) is 11.3 Å². The van der Waals surface area contributed by atoms with Crippen LogP contribution in [0.3, 0.4) is 0 Å². The van der Waals surface area contributed by atoms with Crippen LogP contribution in [0.2, 0.25) is 0 Å².